The Morgan fingerprint density at radius 2 is 2.14 bits per heavy atom. The van der Waals surface area contributed by atoms with E-state index in [1.807, 2.05) is 17.7 Å². The second-order valence-electron chi connectivity index (χ2n) is 5.99. The second kappa shape index (κ2) is 4.49. The highest BCUT2D eigenvalue weighted by Gasteiger charge is 2.38. The van der Waals surface area contributed by atoms with Crippen LogP contribution in [0.2, 0.25) is 0 Å². The standard InChI is InChI=1S/C16H19NO4/c1-16(2,19)12-8-10-14(18)9-6-5-7-11(20-4)13(9)17(3)15(10)21-12/h5-7,12,19H,8H2,1-4H3/t12-/m1/s1. The number of aryl methyl sites for hydroxylation is 1. The number of ether oxygens (including phenoxy) is 2. The molecule has 2 heterocycles. The fourth-order valence-electron chi connectivity index (χ4n) is 2.87. The normalized spacial score (nSPS) is 17.7. The van der Waals surface area contributed by atoms with Crippen molar-refractivity contribution in [1.82, 2.24) is 4.57 Å². The summed E-state index contributed by atoms with van der Waals surface area (Å²) in [7, 11) is 3.42. The van der Waals surface area contributed by atoms with Crippen LogP contribution in [0, 0.1) is 0 Å². The Morgan fingerprint density at radius 1 is 1.43 bits per heavy atom. The van der Waals surface area contributed by atoms with Crippen molar-refractivity contribution in [1.29, 1.82) is 0 Å². The van der Waals surface area contributed by atoms with Crippen molar-refractivity contribution in [3.63, 3.8) is 0 Å². The molecule has 0 fully saturated rings. The summed E-state index contributed by atoms with van der Waals surface area (Å²) < 4.78 is 13.0. The van der Waals surface area contributed by atoms with Crippen molar-refractivity contribution >= 4 is 10.9 Å². The van der Waals surface area contributed by atoms with E-state index in [2.05, 4.69) is 0 Å². The van der Waals surface area contributed by atoms with E-state index >= 15 is 0 Å². The van der Waals surface area contributed by atoms with Gasteiger partial charge in [-0.05, 0) is 26.0 Å². The number of rotatable bonds is 2. The van der Waals surface area contributed by atoms with Gasteiger partial charge in [-0.1, -0.05) is 6.07 Å². The van der Waals surface area contributed by atoms with Gasteiger partial charge >= 0.3 is 0 Å². The molecule has 1 aliphatic rings. The molecule has 1 N–H and O–H groups in total. The first-order valence-corrected chi connectivity index (χ1v) is 6.92. The number of nitrogens with zero attached hydrogens (tertiary/aromatic N) is 1. The topological polar surface area (TPSA) is 60.7 Å². The van der Waals surface area contributed by atoms with Crippen molar-refractivity contribution < 1.29 is 14.6 Å². The van der Waals surface area contributed by atoms with E-state index in [0.29, 0.717) is 34.5 Å². The number of benzene rings is 1. The van der Waals surface area contributed by atoms with Crippen LogP contribution >= 0.6 is 0 Å². The average molecular weight is 289 g/mol. The number of methoxy groups -OCH3 is 1. The van der Waals surface area contributed by atoms with Crippen LogP contribution in [0.1, 0.15) is 19.4 Å². The van der Waals surface area contributed by atoms with Gasteiger partial charge in [0.15, 0.2) is 5.43 Å². The molecule has 5 heteroatoms. The fourth-order valence-corrected chi connectivity index (χ4v) is 2.87. The third-order valence-corrected chi connectivity index (χ3v) is 4.07. The maximum atomic E-state index is 12.7. The first kappa shape index (κ1) is 13.9. The molecule has 112 valence electrons. The number of para-hydroxylation sites is 1. The fraction of sp³-hybridized carbons (Fsp3) is 0.438. The Morgan fingerprint density at radius 3 is 2.76 bits per heavy atom. The van der Waals surface area contributed by atoms with Crippen LogP contribution < -0.4 is 14.9 Å². The zero-order valence-electron chi connectivity index (χ0n) is 12.6. The lowest BCUT2D eigenvalue weighted by Gasteiger charge is -2.24. The summed E-state index contributed by atoms with van der Waals surface area (Å²) in [5.41, 5.74) is 0.267. The van der Waals surface area contributed by atoms with Gasteiger partial charge in [0.2, 0.25) is 5.88 Å². The third-order valence-electron chi connectivity index (χ3n) is 4.07. The summed E-state index contributed by atoms with van der Waals surface area (Å²) >= 11 is 0. The van der Waals surface area contributed by atoms with Crippen LogP contribution in [0.5, 0.6) is 11.6 Å². The number of pyridine rings is 1. The molecule has 0 aliphatic carbocycles. The lowest BCUT2D eigenvalue weighted by molar-refractivity contribution is -0.0252. The maximum Gasteiger partial charge on any atom is 0.201 e. The van der Waals surface area contributed by atoms with Crippen LogP contribution in [0.3, 0.4) is 0 Å². The predicted octanol–water partition coefficient (Wildman–Crippen LogP) is 1.62. The van der Waals surface area contributed by atoms with E-state index in [-0.39, 0.29) is 5.43 Å². The number of aromatic nitrogens is 1. The van der Waals surface area contributed by atoms with Gasteiger partial charge in [-0.3, -0.25) is 4.79 Å². The number of fused-ring (bicyclic) bond motifs is 2. The van der Waals surface area contributed by atoms with Crippen LogP contribution in [0.4, 0.5) is 0 Å². The minimum atomic E-state index is -1.01. The van der Waals surface area contributed by atoms with Crippen LogP contribution in [0.15, 0.2) is 23.0 Å². The zero-order valence-corrected chi connectivity index (χ0v) is 12.6. The lowest BCUT2D eigenvalue weighted by atomic mass is 9.97. The number of hydrogen-bond acceptors (Lipinski definition) is 4. The monoisotopic (exact) mass is 289 g/mol. The molecule has 0 saturated heterocycles. The van der Waals surface area contributed by atoms with Crippen molar-refractivity contribution in [3.05, 3.63) is 34.0 Å². The van der Waals surface area contributed by atoms with Gasteiger partial charge in [-0.2, -0.15) is 0 Å². The summed E-state index contributed by atoms with van der Waals surface area (Å²) in [6.45, 7) is 3.38. The van der Waals surface area contributed by atoms with Crippen LogP contribution in [0.25, 0.3) is 10.9 Å². The first-order chi connectivity index (χ1) is 9.84. The molecule has 5 nitrogen and oxygen atoms in total. The largest absolute Gasteiger partial charge is 0.495 e. The smallest absolute Gasteiger partial charge is 0.201 e. The van der Waals surface area contributed by atoms with E-state index in [1.165, 1.54) is 0 Å². The molecule has 0 bridgehead atoms. The van der Waals surface area contributed by atoms with Crippen LogP contribution in [-0.4, -0.2) is 28.5 Å². The highest BCUT2D eigenvalue weighted by Crippen LogP contribution is 2.35. The van der Waals surface area contributed by atoms with Crippen molar-refractivity contribution in [3.8, 4) is 11.6 Å². The molecule has 1 aromatic carbocycles. The molecule has 1 aromatic heterocycles. The summed E-state index contributed by atoms with van der Waals surface area (Å²) in [5.74, 6) is 1.15. The molecule has 1 atom stereocenters. The Labute approximate surface area is 122 Å². The zero-order chi connectivity index (χ0) is 15.4. The number of hydrogen-bond donors (Lipinski definition) is 1. The van der Waals surface area contributed by atoms with Gasteiger partial charge in [0.05, 0.1) is 23.8 Å². The summed E-state index contributed by atoms with van der Waals surface area (Å²) in [6, 6.07) is 5.41. The predicted molar refractivity (Wildman–Crippen MR) is 80.2 cm³/mol. The van der Waals surface area contributed by atoms with Gasteiger partial charge < -0.3 is 19.1 Å². The van der Waals surface area contributed by atoms with E-state index in [1.54, 1.807) is 33.1 Å². The van der Waals surface area contributed by atoms with Gasteiger partial charge in [0.25, 0.3) is 0 Å². The van der Waals surface area contributed by atoms with Crippen LogP contribution in [-0.2, 0) is 13.5 Å². The lowest BCUT2D eigenvalue weighted by Crippen LogP contribution is -2.39. The van der Waals surface area contributed by atoms with Crippen molar-refractivity contribution in [2.75, 3.05) is 7.11 Å². The average Bonchev–Trinajstić information content (AvgIpc) is 2.89. The quantitative estimate of drug-likeness (QED) is 0.912. The van der Waals surface area contributed by atoms with Gasteiger partial charge in [0.1, 0.15) is 11.9 Å². The molecule has 0 amide bonds. The van der Waals surface area contributed by atoms with E-state index in [0.717, 1.165) is 0 Å². The van der Waals surface area contributed by atoms with Crippen molar-refractivity contribution in [2.24, 2.45) is 7.05 Å². The molecule has 21 heavy (non-hydrogen) atoms. The van der Waals surface area contributed by atoms with E-state index < -0.39 is 11.7 Å². The molecular weight excluding hydrogens is 270 g/mol. The SMILES string of the molecule is COc1cccc2c(=O)c3c(n(C)c12)O[C@@H](C(C)(C)O)C3. The van der Waals surface area contributed by atoms with Gasteiger partial charge in [-0.25, -0.2) is 0 Å². The first-order valence-electron chi connectivity index (χ1n) is 6.92. The molecule has 0 saturated carbocycles. The Balaban J connectivity index is 2.30. The van der Waals surface area contributed by atoms with Gasteiger partial charge in [-0.15, -0.1) is 0 Å². The van der Waals surface area contributed by atoms with E-state index in [9.17, 15) is 9.90 Å². The Hall–Kier alpha value is -2.01. The number of aliphatic hydroxyl groups is 1. The maximum absolute atomic E-state index is 12.7. The summed E-state index contributed by atoms with van der Waals surface area (Å²) in [5, 5.41) is 10.8. The second-order valence-corrected chi connectivity index (χ2v) is 5.99. The minimum Gasteiger partial charge on any atom is -0.495 e. The molecule has 3 rings (SSSR count). The summed E-state index contributed by atoms with van der Waals surface area (Å²) in [6.07, 6.45) is -0.00670. The highest BCUT2D eigenvalue weighted by atomic mass is 16.5. The molecule has 0 radical (unpaired) electrons. The van der Waals surface area contributed by atoms with E-state index in [4.69, 9.17) is 9.47 Å². The molecule has 1 aliphatic heterocycles. The molecule has 0 unspecified atom stereocenters. The molecule has 0 spiro atoms. The van der Waals surface area contributed by atoms with Crippen molar-refractivity contribution in [2.45, 2.75) is 32.0 Å². The minimum absolute atomic E-state index is 0.0521. The highest BCUT2D eigenvalue weighted by molar-refractivity contribution is 5.86. The molecule has 2 aromatic rings. The third kappa shape index (κ3) is 2.00. The Bertz CT molecular complexity index is 770. The summed E-state index contributed by atoms with van der Waals surface area (Å²) in [4.78, 5) is 12.7. The van der Waals surface area contributed by atoms with Gasteiger partial charge in [0, 0.05) is 18.9 Å². The molecular formula is C16H19NO4. The Kier molecular flexibility index (Phi) is 2.99.